The molecule has 0 aliphatic carbocycles. The van der Waals surface area contributed by atoms with Crippen molar-refractivity contribution in [3.63, 3.8) is 0 Å². The number of nitrogens with zero attached hydrogens (tertiary/aromatic N) is 1. The normalized spacial score (nSPS) is 15.7. The maximum Gasteiger partial charge on any atom is 0.340 e. The number of hydrogen-bond acceptors (Lipinski definition) is 7. The van der Waals surface area contributed by atoms with Crippen LogP contribution in [0.4, 0.5) is 5.69 Å². The van der Waals surface area contributed by atoms with Gasteiger partial charge in [-0.2, -0.15) is 0 Å². The van der Waals surface area contributed by atoms with E-state index in [0.29, 0.717) is 11.3 Å². The number of nitrogens with two attached hydrogens (primary N) is 1. The Morgan fingerprint density at radius 1 is 1.28 bits per heavy atom. The van der Waals surface area contributed by atoms with Crippen LogP contribution in [0, 0.1) is 17.0 Å². The van der Waals surface area contributed by atoms with E-state index in [0.717, 1.165) is 20.5 Å². The highest BCUT2D eigenvalue weighted by molar-refractivity contribution is 7.19. The van der Waals surface area contributed by atoms with E-state index < -0.39 is 16.8 Å². The molecule has 2 heterocycles. The van der Waals surface area contributed by atoms with Gasteiger partial charge in [0.25, 0.3) is 5.69 Å². The van der Waals surface area contributed by atoms with Gasteiger partial charge in [-0.3, -0.25) is 10.1 Å². The van der Waals surface area contributed by atoms with E-state index in [1.54, 1.807) is 19.1 Å². The van der Waals surface area contributed by atoms with Crippen molar-refractivity contribution in [2.75, 3.05) is 6.61 Å². The number of carbonyl (C=O) groups is 1. The molecule has 148 valence electrons. The number of esters is 1. The molecule has 3 aromatic rings. The van der Waals surface area contributed by atoms with Crippen molar-refractivity contribution in [3.05, 3.63) is 80.0 Å². The molecule has 1 aromatic heterocycles. The highest BCUT2D eigenvalue weighted by atomic mass is 32.1. The molecule has 4 rings (SSSR count). The van der Waals surface area contributed by atoms with Crippen LogP contribution in [0.15, 0.2) is 53.9 Å². The Balaban J connectivity index is 1.93. The SMILES string of the molecule is CCOC(=O)C1=C(N)Oc2c(sc3ccc(C)cc23)C1c1ccc([N+](=O)[O-])cc1. The predicted octanol–water partition coefficient (Wildman–Crippen LogP) is 4.38. The molecule has 8 heteroatoms. The zero-order valence-corrected chi connectivity index (χ0v) is 16.6. The number of benzene rings is 2. The molecule has 0 amide bonds. The van der Waals surface area contributed by atoms with Crippen molar-refractivity contribution < 1.29 is 19.2 Å². The second-order valence-corrected chi connectivity index (χ2v) is 7.76. The maximum absolute atomic E-state index is 12.7. The zero-order chi connectivity index (χ0) is 20.7. The minimum Gasteiger partial charge on any atom is -0.462 e. The first kappa shape index (κ1) is 18.9. The average molecular weight is 410 g/mol. The van der Waals surface area contributed by atoms with Crippen molar-refractivity contribution in [2.24, 2.45) is 5.73 Å². The molecule has 0 fully saturated rings. The summed E-state index contributed by atoms with van der Waals surface area (Å²) in [4.78, 5) is 24.1. The van der Waals surface area contributed by atoms with Crippen LogP contribution in [-0.2, 0) is 9.53 Å². The van der Waals surface area contributed by atoms with Gasteiger partial charge in [0.1, 0.15) is 5.57 Å². The van der Waals surface area contributed by atoms with Gasteiger partial charge in [0.15, 0.2) is 5.75 Å². The summed E-state index contributed by atoms with van der Waals surface area (Å²) in [5, 5.41) is 11.9. The fraction of sp³-hybridized carbons (Fsp3) is 0.190. The smallest absolute Gasteiger partial charge is 0.340 e. The molecule has 1 unspecified atom stereocenters. The molecule has 0 saturated heterocycles. The van der Waals surface area contributed by atoms with Gasteiger partial charge in [-0.25, -0.2) is 4.79 Å². The molecular formula is C21H18N2O5S. The maximum atomic E-state index is 12.7. The number of fused-ring (bicyclic) bond motifs is 3. The monoisotopic (exact) mass is 410 g/mol. The van der Waals surface area contributed by atoms with E-state index in [2.05, 4.69) is 0 Å². The minimum atomic E-state index is -0.562. The third kappa shape index (κ3) is 3.21. The summed E-state index contributed by atoms with van der Waals surface area (Å²) in [6.07, 6.45) is 0. The Kier molecular flexibility index (Phi) is 4.71. The number of nitro groups is 1. The van der Waals surface area contributed by atoms with Gasteiger partial charge in [0, 0.05) is 22.2 Å². The summed E-state index contributed by atoms with van der Waals surface area (Å²) in [6, 6.07) is 12.1. The van der Waals surface area contributed by atoms with Crippen molar-refractivity contribution in [1.29, 1.82) is 0 Å². The quantitative estimate of drug-likeness (QED) is 0.389. The van der Waals surface area contributed by atoms with Crippen LogP contribution in [0.3, 0.4) is 0 Å². The van der Waals surface area contributed by atoms with Gasteiger partial charge >= 0.3 is 5.97 Å². The summed E-state index contributed by atoms with van der Waals surface area (Å²) in [5.41, 5.74) is 8.13. The van der Waals surface area contributed by atoms with Crippen LogP contribution in [0.5, 0.6) is 5.75 Å². The molecule has 0 radical (unpaired) electrons. The minimum absolute atomic E-state index is 0.0134. The molecule has 0 spiro atoms. The topological polar surface area (TPSA) is 105 Å². The highest BCUT2D eigenvalue weighted by Crippen LogP contribution is 2.50. The second-order valence-electron chi connectivity index (χ2n) is 6.68. The highest BCUT2D eigenvalue weighted by Gasteiger charge is 2.38. The number of ether oxygens (including phenoxy) is 2. The Bertz CT molecular complexity index is 1160. The zero-order valence-electron chi connectivity index (χ0n) is 15.8. The summed E-state index contributed by atoms with van der Waals surface area (Å²) >= 11 is 1.51. The second kappa shape index (κ2) is 7.21. The van der Waals surface area contributed by atoms with Crippen LogP contribution >= 0.6 is 11.3 Å². The molecule has 29 heavy (non-hydrogen) atoms. The van der Waals surface area contributed by atoms with Gasteiger partial charge < -0.3 is 15.2 Å². The lowest BCUT2D eigenvalue weighted by Gasteiger charge is -2.26. The first-order chi connectivity index (χ1) is 13.9. The molecule has 1 atom stereocenters. The third-order valence-corrected chi connectivity index (χ3v) is 6.00. The largest absolute Gasteiger partial charge is 0.462 e. The third-order valence-electron chi connectivity index (χ3n) is 4.78. The average Bonchev–Trinajstić information content (AvgIpc) is 3.04. The summed E-state index contributed by atoms with van der Waals surface area (Å²) in [5.74, 6) is -0.493. The molecule has 0 saturated carbocycles. The Morgan fingerprint density at radius 3 is 2.66 bits per heavy atom. The number of hydrogen-bond donors (Lipinski definition) is 1. The number of aryl methyl sites for hydroxylation is 1. The lowest BCUT2D eigenvalue weighted by Crippen LogP contribution is -2.26. The van der Waals surface area contributed by atoms with Crippen molar-refractivity contribution in [1.82, 2.24) is 0 Å². The van der Waals surface area contributed by atoms with Gasteiger partial charge in [0.05, 0.1) is 22.3 Å². The molecule has 2 N–H and O–H groups in total. The van der Waals surface area contributed by atoms with Crippen LogP contribution in [-0.4, -0.2) is 17.5 Å². The Hall–Kier alpha value is -3.39. The molecule has 0 bridgehead atoms. The molecular weight excluding hydrogens is 392 g/mol. The number of thiophene rings is 1. The van der Waals surface area contributed by atoms with E-state index in [1.165, 1.54) is 23.5 Å². The van der Waals surface area contributed by atoms with Gasteiger partial charge in [0.2, 0.25) is 5.88 Å². The van der Waals surface area contributed by atoms with Crippen molar-refractivity contribution in [3.8, 4) is 5.75 Å². The lowest BCUT2D eigenvalue weighted by atomic mass is 9.87. The fourth-order valence-corrected chi connectivity index (χ4v) is 4.73. The van der Waals surface area contributed by atoms with Crippen LogP contribution < -0.4 is 10.5 Å². The molecule has 1 aliphatic rings. The number of nitro benzene ring substituents is 1. The molecule has 1 aliphatic heterocycles. The van der Waals surface area contributed by atoms with Crippen molar-refractivity contribution in [2.45, 2.75) is 19.8 Å². The van der Waals surface area contributed by atoms with Crippen LogP contribution in [0.1, 0.15) is 28.8 Å². The molecule has 2 aromatic carbocycles. The Morgan fingerprint density at radius 2 is 2.00 bits per heavy atom. The fourth-order valence-electron chi connectivity index (χ4n) is 3.48. The van der Waals surface area contributed by atoms with Gasteiger partial charge in [-0.05, 0) is 31.5 Å². The van der Waals surface area contributed by atoms with E-state index in [4.69, 9.17) is 15.2 Å². The number of non-ortho nitro benzene ring substituents is 1. The first-order valence-corrected chi connectivity index (χ1v) is 9.84. The number of rotatable bonds is 4. The standard InChI is InChI=1S/C21H18N2O5S/c1-3-27-21(24)17-16(12-5-7-13(8-6-12)23(25)26)19-18(28-20(17)22)14-10-11(2)4-9-15(14)29-19/h4-10,16H,3,22H2,1-2H3. The predicted molar refractivity (Wildman–Crippen MR) is 110 cm³/mol. The number of carbonyl (C=O) groups excluding carboxylic acids is 1. The molecule has 7 nitrogen and oxygen atoms in total. The lowest BCUT2D eigenvalue weighted by molar-refractivity contribution is -0.384. The summed E-state index contributed by atoms with van der Waals surface area (Å²) < 4.78 is 12.1. The van der Waals surface area contributed by atoms with E-state index >= 15 is 0 Å². The van der Waals surface area contributed by atoms with Crippen LogP contribution in [0.2, 0.25) is 0 Å². The van der Waals surface area contributed by atoms with Crippen LogP contribution in [0.25, 0.3) is 10.1 Å². The van der Waals surface area contributed by atoms with Crippen molar-refractivity contribution >= 4 is 33.1 Å². The Labute approximate surface area is 170 Å². The van der Waals surface area contributed by atoms with E-state index in [1.807, 2.05) is 25.1 Å². The first-order valence-electron chi connectivity index (χ1n) is 9.02. The van der Waals surface area contributed by atoms with Gasteiger partial charge in [-0.15, -0.1) is 11.3 Å². The van der Waals surface area contributed by atoms with E-state index in [9.17, 15) is 14.9 Å². The summed E-state index contributed by atoms with van der Waals surface area (Å²) in [6.45, 7) is 3.90. The summed E-state index contributed by atoms with van der Waals surface area (Å²) in [7, 11) is 0. The van der Waals surface area contributed by atoms with E-state index in [-0.39, 0.29) is 23.8 Å². The van der Waals surface area contributed by atoms with Gasteiger partial charge in [-0.1, -0.05) is 23.8 Å².